The van der Waals surface area contributed by atoms with Crippen LogP contribution in [-0.4, -0.2) is 46.6 Å². The van der Waals surface area contributed by atoms with Gasteiger partial charge >= 0.3 is 5.97 Å². The Morgan fingerprint density at radius 2 is 2.05 bits per heavy atom. The molecule has 0 saturated carbocycles. The molecule has 116 valence electrons. The number of nitrogens with zero attached hydrogens (tertiary/aromatic N) is 1. The topological polar surface area (TPSA) is 69.6 Å². The van der Waals surface area contributed by atoms with E-state index >= 15 is 0 Å². The second-order valence-corrected chi connectivity index (χ2v) is 6.84. The molecule has 2 N–H and O–H groups in total. The molecule has 0 bridgehead atoms. The fourth-order valence-electron chi connectivity index (χ4n) is 2.48. The van der Waals surface area contributed by atoms with E-state index in [1.807, 2.05) is 32.6 Å². The summed E-state index contributed by atoms with van der Waals surface area (Å²) in [5.74, 6) is -0.796. The number of likely N-dealkylation sites (tertiary alicyclic amines) is 1. The van der Waals surface area contributed by atoms with Crippen LogP contribution in [0.3, 0.4) is 0 Å². The minimum Gasteiger partial charge on any atom is -0.481 e. The van der Waals surface area contributed by atoms with E-state index in [-0.39, 0.29) is 17.5 Å². The summed E-state index contributed by atoms with van der Waals surface area (Å²) in [4.78, 5) is 25.6. The van der Waals surface area contributed by atoms with Gasteiger partial charge in [0.25, 0.3) is 0 Å². The molecule has 0 aromatic carbocycles. The summed E-state index contributed by atoms with van der Waals surface area (Å²) in [6.45, 7) is 10.9. The zero-order valence-corrected chi connectivity index (χ0v) is 13.3. The molecular weight excluding hydrogens is 256 g/mol. The first-order valence-corrected chi connectivity index (χ1v) is 7.41. The van der Waals surface area contributed by atoms with Gasteiger partial charge in [0.15, 0.2) is 0 Å². The zero-order chi connectivity index (χ0) is 15.6. The van der Waals surface area contributed by atoms with Crippen LogP contribution in [0.4, 0.5) is 0 Å². The number of hydrogen-bond acceptors (Lipinski definition) is 3. The lowest BCUT2D eigenvalue weighted by molar-refractivity contribution is -0.153. The quantitative estimate of drug-likeness (QED) is 0.808. The van der Waals surface area contributed by atoms with Gasteiger partial charge in [-0.3, -0.25) is 14.5 Å². The van der Waals surface area contributed by atoms with E-state index < -0.39 is 11.4 Å². The van der Waals surface area contributed by atoms with Gasteiger partial charge in [0, 0.05) is 12.1 Å². The van der Waals surface area contributed by atoms with Crippen molar-refractivity contribution in [3.05, 3.63) is 0 Å². The first-order chi connectivity index (χ1) is 9.11. The van der Waals surface area contributed by atoms with Crippen molar-refractivity contribution >= 4 is 11.9 Å². The lowest BCUT2D eigenvalue weighted by Gasteiger charge is -2.40. The SMILES string of the molecule is CCC(C)(C)NC(=O)C(C)N1CCCC(C)(C(=O)O)C1. The van der Waals surface area contributed by atoms with E-state index in [0.29, 0.717) is 13.0 Å². The van der Waals surface area contributed by atoms with Crippen molar-refractivity contribution in [3.63, 3.8) is 0 Å². The lowest BCUT2D eigenvalue weighted by atomic mass is 9.81. The number of amides is 1. The van der Waals surface area contributed by atoms with Gasteiger partial charge in [-0.1, -0.05) is 6.92 Å². The molecule has 0 aromatic heterocycles. The molecule has 1 aliphatic rings. The molecule has 1 heterocycles. The number of carbonyl (C=O) groups excluding carboxylic acids is 1. The summed E-state index contributed by atoms with van der Waals surface area (Å²) in [5, 5.41) is 12.4. The van der Waals surface area contributed by atoms with Gasteiger partial charge in [0.2, 0.25) is 5.91 Å². The standard InChI is InChI=1S/C15H28N2O3/c1-6-14(3,4)16-12(18)11(2)17-9-7-8-15(5,10-17)13(19)20/h11H,6-10H2,1-5H3,(H,16,18)(H,19,20). The average Bonchev–Trinajstić information content (AvgIpc) is 2.37. The van der Waals surface area contributed by atoms with Gasteiger partial charge in [0.1, 0.15) is 0 Å². The van der Waals surface area contributed by atoms with Crippen molar-refractivity contribution in [1.82, 2.24) is 10.2 Å². The summed E-state index contributed by atoms with van der Waals surface area (Å²) in [6, 6.07) is -0.292. The van der Waals surface area contributed by atoms with E-state index in [4.69, 9.17) is 0 Å². The Hall–Kier alpha value is -1.10. The number of rotatable bonds is 5. The summed E-state index contributed by atoms with van der Waals surface area (Å²) in [6.07, 6.45) is 2.35. The van der Waals surface area contributed by atoms with Crippen molar-refractivity contribution in [3.8, 4) is 0 Å². The summed E-state index contributed by atoms with van der Waals surface area (Å²) < 4.78 is 0. The van der Waals surface area contributed by atoms with Gasteiger partial charge in [-0.05, 0) is 53.5 Å². The third kappa shape index (κ3) is 3.95. The van der Waals surface area contributed by atoms with Gasteiger partial charge in [0.05, 0.1) is 11.5 Å². The highest BCUT2D eigenvalue weighted by molar-refractivity contribution is 5.82. The summed E-state index contributed by atoms with van der Waals surface area (Å²) in [7, 11) is 0. The average molecular weight is 284 g/mol. The van der Waals surface area contributed by atoms with Crippen molar-refractivity contribution in [1.29, 1.82) is 0 Å². The number of piperidine rings is 1. The Balaban J connectivity index is 2.70. The maximum atomic E-state index is 12.3. The number of carbonyl (C=O) groups is 2. The van der Waals surface area contributed by atoms with Crippen LogP contribution >= 0.6 is 0 Å². The molecule has 1 aliphatic heterocycles. The maximum absolute atomic E-state index is 12.3. The molecule has 1 fully saturated rings. The van der Waals surface area contributed by atoms with Crippen molar-refractivity contribution < 1.29 is 14.7 Å². The number of aliphatic carboxylic acids is 1. The minimum atomic E-state index is -0.774. The number of carboxylic acid groups (broad SMARTS) is 1. The number of nitrogens with one attached hydrogen (secondary N) is 1. The largest absolute Gasteiger partial charge is 0.481 e. The van der Waals surface area contributed by atoms with Gasteiger partial charge in [-0.2, -0.15) is 0 Å². The van der Waals surface area contributed by atoms with Crippen molar-refractivity contribution in [2.24, 2.45) is 5.41 Å². The first kappa shape index (κ1) is 17.0. The van der Waals surface area contributed by atoms with Gasteiger partial charge < -0.3 is 10.4 Å². The normalized spacial score (nSPS) is 26.1. The molecule has 0 aliphatic carbocycles. The smallest absolute Gasteiger partial charge is 0.310 e. The van der Waals surface area contributed by atoms with E-state index in [0.717, 1.165) is 19.4 Å². The molecule has 0 radical (unpaired) electrons. The number of hydrogen-bond donors (Lipinski definition) is 2. The van der Waals surface area contributed by atoms with Crippen LogP contribution in [0.15, 0.2) is 0 Å². The highest BCUT2D eigenvalue weighted by atomic mass is 16.4. The molecule has 5 heteroatoms. The molecule has 2 atom stereocenters. The fraction of sp³-hybridized carbons (Fsp3) is 0.867. The monoisotopic (exact) mass is 284 g/mol. The summed E-state index contributed by atoms with van der Waals surface area (Å²) in [5.41, 5.74) is -0.968. The van der Waals surface area contributed by atoms with Gasteiger partial charge in [-0.25, -0.2) is 0 Å². The van der Waals surface area contributed by atoms with Crippen LogP contribution in [0.5, 0.6) is 0 Å². The lowest BCUT2D eigenvalue weighted by Crippen LogP contribution is -2.56. The van der Waals surface area contributed by atoms with Crippen LogP contribution < -0.4 is 5.32 Å². The number of carboxylic acids is 1. The van der Waals surface area contributed by atoms with E-state index in [1.54, 1.807) is 6.92 Å². The molecule has 1 amide bonds. The molecule has 0 aromatic rings. The van der Waals surface area contributed by atoms with Crippen molar-refractivity contribution in [2.75, 3.05) is 13.1 Å². The Morgan fingerprint density at radius 3 is 2.55 bits per heavy atom. The Morgan fingerprint density at radius 1 is 1.45 bits per heavy atom. The molecule has 1 rings (SSSR count). The third-order valence-electron chi connectivity index (χ3n) is 4.51. The Labute approximate surface area is 121 Å². The molecule has 2 unspecified atom stereocenters. The molecular formula is C15H28N2O3. The van der Waals surface area contributed by atoms with E-state index in [1.165, 1.54) is 0 Å². The Kier molecular flexibility index (Phi) is 5.19. The summed E-state index contributed by atoms with van der Waals surface area (Å²) >= 11 is 0. The van der Waals surface area contributed by atoms with Gasteiger partial charge in [-0.15, -0.1) is 0 Å². The fourth-order valence-corrected chi connectivity index (χ4v) is 2.48. The van der Waals surface area contributed by atoms with Crippen LogP contribution in [0.25, 0.3) is 0 Å². The zero-order valence-electron chi connectivity index (χ0n) is 13.3. The first-order valence-electron chi connectivity index (χ1n) is 7.41. The second-order valence-electron chi connectivity index (χ2n) is 6.84. The molecule has 20 heavy (non-hydrogen) atoms. The van der Waals surface area contributed by atoms with Crippen LogP contribution in [0.2, 0.25) is 0 Å². The highest BCUT2D eigenvalue weighted by Gasteiger charge is 2.40. The molecule has 0 spiro atoms. The molecule has 1 saturated heterocycles. The predicted molar refractivity (Wildman–Crippen MR) is 78.5 cm³/mol. The Bertz CT molecular complexity index is 381. The molecule has 5 nitrogen and oxygen atoms in total. The minimum absolute atomic E-state index is 0.0218. The second kappa shape index (κ2) is 6.12. The van der Waals surface area contributed by atoms with Crippen LogP contribution in [0, 0.1) is 5.41 Å². The van der Waals surface area contributed by atoms with Crippen LogP contribution in [-0.2, 0) is 9.59 Å². The van der Waals surface area contributed by atoms with Crippen molar-refractivity contribution in [2.45, 2.75) is 65.5 Å². The van der Waals surface area contributed by atoms with E-state index in [2.05, 4.69) is 5.32 Å². The third-order valence-corrected chi connectivity index (χ3v) is 4.51. The predicted octanol–water partition coefficient (Wildman–Crippen LogP) is 1.87. The maximum Gasteiger partial charge on any atom is 0.310 e. The van der Waals surface area contributed by atoms with E-state index in [9.17, 15) is 14.7 Å². The highest BCUT2D eigenvalue weighted by Crippen LogP contribution is 2.30. The van der Waals surface area contributed by atoms with Crippen LogP contribution in [0.1, 0.15) is 53.9 Å².